The summed E-state index contributed by atoms with van der Waals surface area (Å²) in [5.41, 5.74) is 0.559. The maximum Gasteiger partial charge on any atom is 0.251 e. The number of carbonyl (C=O) groups is 1. The summed E-state index contributed by atoms with van der Waals surface area (Å²) in [4.78, 5) is 13.8. The molecule has 1 fully saturated rings. The average molecular weight is 423 g/mol. The van der Waals surface area contributed by atoms with Crippen molar-refractivity contribution in [1.29, 1.82) is 0 Å². The average Bonchev–Trinajstić information content (AvgIpc) is 3.14. The second-order valence-electron chi connectivity index (χ2n) is 7.17. The quantitative estimate of drug-likeness (QED) is 0.744. The molecule has 1 aromatic heterocycles. The fourth-order valence-corrected chi connectivity index (χ4v) is 4.98. The number of hydrogen-bond acceptors (Lipinski definition) is 5. The topological polar surface area (TPSA) is 75.7 Å². The van der Waals surface area contributed by atoms with Gasteiger partial charge in [-0.1, -0.05) is 12.1 Å². The van der Waals surface area contributed by atoms with Crippen LogP contribution in [-0.4, -0.2) is 50.1 Å². The molecule has 2 heterocycles. The Labute approximate surface area is 170 Å². The first-order valence-corrected chi connectivity index (χ1v) is 12.1. The maximum absolute atomic E-state index is 12.5. The van der Waals surface area contributed by atoms with Gasteiger partial charge in [0.2, 0.25) is 10.0 Å². The lowest BCUT2D eigenvalue weighted by Crippen LogP contribution is -2.41. The van der Waals surface area contributed by atoms with Crippen LogP contribution >= 0.6 is 11.3 Å². The molecule has 1 aliphatic heterocycles. The highest BCUT2D eigenvalue weighted by Crippen LogP contribution is 2.21. The first-order chi connectivity index (χ1) is 13.3. The predicted octanol–water partition coefficient (Wildman–Crippen LogP) is 2.91. The van der Waals surface area contributed by atoms with Crippen molar-refractivity contribution in [3.8, 4) is 5.75 Å². The molecule has 0 saturated carbocycles. The lowest BCUT2D eigenvalue weighted by atomic mass is 10.1. The molecular formula is C20H26N2O4S2. The molecule has 1 aromatic carbocycles. The van der Waals surface area contributed by atoms with Crippen molar-refractivity contribution >= 4 is 27.3 Å². The zero-order valence-electron chi connectivity index (χ0n) is 16.1. The largest absolute Gasteiger partial charge is 0.490 e. The van der Waals surface area contributed by atoms with Crippen LogP contribution in [0.1, 0.15) is 35.0 Å². The Morgan fingerprint density at radius 1 is 1.29 bits per heavy atom. The standard InChI is InChI=1S/C20H26N2O4S2/c1-15(13-19-7-4-12-27-19)21-20(23)16-5-3-6-18(14-16)26-17-8-10-22(11-9-17)28(2,24)25/h3-7,12,14-15,17H,8-11,13H2,1-2H3,(H,21,23)/t15-/m1/s1. The highest BCUT2D eigenvalue weighted by molar-refractivity contribution is 7.88. The molecule has 0 unspecified atom stereocenters. The van der Waals surface area contributed by atoms with Crippen molar-refractivity contribution in [3.05, 3.63) is 52.2 Å². The minimum absolute atomic E-state index is 0.0380. The second-order valence-corrected chi connectivity index (χ2v) is 10.2. The van der Waals surface area contributed by atoms with E-state index in [-0.39, 0.29) is 18.1 Å². The third-order valence-corrected chi connectivity index (χ3v) is 6.94. The van der Waals surface area contributed by atoms with Crippen LogP contribution in [0.2, 0.25) is 0 Å². The minimum Gasteiger partial charge on any atom is -0.490 e. The molecule has 6 nitrogen and oxygen atoms in total. The summed E-state index contributed by atoms with van der Waals surface area (Å²) in [6.45, 7) is 2.92. The van der Waals surface area contributed by atoms with Gasteiger partial charge in [-0.05, 0) is 49.4 Å². The summed E-state index contributed by atoms with van der Waals surface area (Å²) in [6.07, 6.45) is 3.27. The van der Waals surface area contributed by atoms with Crippen molar-refractivity contribution in [2.75, 3.05) is 19.3 Å². The van der Waals surface area contributed by atoms with Gasteiger partial charge in [-0.2, -0.15) is 0 Å². The van der Waals surface area contributed by atoms with Gasteiger partial charge in [-0.3, -0.25) is 4.79 Å². The number of benzene rings is 1. The minimum atomic E-state index is -3.15. The molecule has 0 radical (unpaired) electrons. The Kier molecular flexibility index (Phi) is 6.74. The molecule has 28 heavy (non-hydrogen) atoms. The highest BCUT2D eigenvalue weighted by atomic mass is 32.2. The summed E-state index contributed by atoms with van der Waals surface area (Å²) in [5, 5.41) is 5.06. The molecule has 3 rings (SSSR count). The van der Waals surface area contributed by atoms with Crippen LogP contribution in [0, 0.1) is 0 Å². The Morgan fingerprint density at radius 2 is 2.04 bits per heavy atom. The smallest absolute Gasteiger partial charge is 0.251 e. The van der Waals surface area contributed by atoms with Crippen LogP contribution in [0.15, 0.2) is 41.8 Å². The van der Waals surface area contributed by atoms with Crippen LogP contribution in [-0.2, 0) is 16.4 Å². The number of ether oxygens (including phenoxy) is 1. The van der Waals surface area contributed by atoms with E-state index in [1.54, 1.807) is 29.5 Å². The zero-order valence-corrected chi connectivity index (χ0v) is 17.8. The molecule has 1 atom stereocenters. The molecule has 0 spiro atoms. The number of sulfonamides is 1. The number of nitrogens with zero attached hydrogens (tertiary/aromatic N) is 1. The van der Waals surface area contributed by atoms with E-state index in [9.17, 15) is 13.2 Å². The summed E-state index contributed by atoms with van der Waals surface area (Å²) >= 11 is 1.69. The van der Waals surface area contributed by atoms with Gasteiger partial charge in [-0.25, -0.2) is 12.7 Å². The second kappa shape index (κ2) is 9.07. The number of nitrogens with one attached hydrogen (secondary N) is 1. The van der Waals surface area contributed by atoms with Gasteiger partial charge in [0.05, 0.1) is 6.26 Å². The molecule has 1 saturated heterocycles. The molecular weight excluding hydrogens is 396 g/mol. The van der Waals surface area contributed by atoms with Crippen LogP contribution in [0.25, 0.3) is 0 Å². The number of carbonyl (C=O) groups excluding carboxylic acids is 1. The third kappa shape index (κ3) is 5.80. The number of amides is 1. The number of thiophene rings is 1. The van der Waals surface area contributed by atoms with E-state index < -0.39 is 10.0 Å². The van der Waals surface area contributed by atoms with Crippen molar-refractivity contribution in [3.63, 3.8) is 0 Å². The number of piperidine rings is 1. The van der Waals surface area contributed by atoms with E-state index in [4.69, 9.17) is 4.74 Å². The van der Waals surface area contributed by atoms with E-state index in [0.29, 0.717) is 37.2 Å². The van der Waals surface area contributed by atoms with Crippen molar-refractivity contribution in [1.82, 2.24) is 9.62 Å². The van der Waals surface area contributed by atoms with E-state index in [0.717, 1.165) is 6.42 Å². The van der Waals surface area contributed by atoms with E-state index in [2.05, 4.69) is 11.4 Å². The van der Waals surface area contributed by atoms with Crippen LogP contribution in [0.3, 0.4) is 0 Å². The van der Waals surface area contributed by atoms with Crippen LogP contribution in [0.5, 0.6) is 5.75 Å². The maximum atomic E-state index is 12.5. The molecule has 1 amide bonds. The summed E-state index contributed by atoms with van der Waals surface area (Å²) < 4.78 is 30.7. The van der Waals surface area contributed by atoms with Crippen LogP contribution in [0.4, 0.5) is 0 Å². The van der Waals surface area contributed by atoms with Gasteiger partial charge in [-0.15, -0.1) is 11.3 Å². The number of hydrogen-bond donors (Lipinski definition) is 1. The lowest BCUT2D eigenvalue weighted by Gasteiger charge is -2.30. The predicted molar refractivity (Wildman–Crippen MR) is 111 cm³/mol. The van der Waals surface area contributed by atoms with Crippen molar-refractivity contribution in [2.24, 2.45) is 0 Å². The Morgan fingerprint density at radius 3 is 2.68 bits per heavy atom. The van der Waals surface area contributed by atoms with E-state index in [1.165, 1.54) is 15.4 Å². The molecule has 0 aliphatic carbocycles. The fraction of sp³-hybridized carbons (Fsp3) is 0.450. The first-order valence-electron chi connectivity index (χ1n) is 9.36. The SMILES string of the molecule is C[C@H](Cc1cccs1)NC(=O)c1cccc(OC2CCN(S(C)(=O)=O)CC2)c1. The first kappa shape index (κ1) is 20.8. The normalized spacial score (nSPS) is 17.2. The van der Waals surface area contributed by atoms with Crippen molar-refractivity contribution in [2.45, 2.75) is 38.3 Å². The lowest BCUT2D eigenvalue weighted by molar-refractivity contribution is 0.0938. The van der Waals surface area contributed by atoms with Gasteiger partial charge >= 0.3 is 0 Å². The van der Waals surface area contributed by atoms with Crippen LogP contribution < -0.4 is 10.1 Å². The molecule has 1 aliphatic rings. The highest BCUT2D eigenvalue weighted by Gasteiger charge is 2.26. The zero-order chi connectivity index (χ0) is 20.1. The Bertz CT molecular complexity index is 889. The fourth-order valence-electron chi connectivity index (χ4n) is 3.27. The van der Waals surface area contributed by atoms with E-state index in [1.807, 2.05) is 24.4 Å². The molecule has 1 N–H and O–H groups in total. The molecule has 152 valence electrons. The Hall–Kier alpha value is -1.90. The molecule has 2 aromatic rings. The van der Waals surface area contributed by atoms with Crippen molar-refractivity contribution < 1.29 is 17.9 Å². The van der Waals surface area contributed by atoms with Gasteiger partial charge < -0.3 is 10.1 Å². The monoisotopic (exact) mass is 422 g/mol. The summed E-state index contributed by atoms with van der Waals surface area (Å²) in [6, 6.07) is 11.3. The third-order valence-electron chi connectivity index (χ3n) is 4.73. The van der Waals surface area contributed by atoms with Gasteiger partial charge in [0.1, 0.15) is 11.9 Å². The van der Waals surface area contributed by atoms with Gasteiger partial charge in [0.25, 0.3) is 5.91 Å². The van der Waals surface area contributed by atoms with Gasteiger partial charge in [0, 0.05) is 36.0 Å². The summed E-state index contributed by atoms with van der Waals surface area (Å²) in [7, 11) is -3.15. The van der Waals surface area contributed by atoms with E-state index >= 15 is 0 Å². The summed E-state index contributed by atoms with van der Waals surface area (Å²) in [5.74, 6) is 0.512. The Balaban J connectivity index is 1.54. The van der Waals surface area contributed by atoms with Gasteiger partial charge in [0.15, 0.2) is 0 Å². The molecule has 0 bridgehead atoms. The molecule has 8 heteroatoms. The number of rotatable bonds is 7.